The Morgan fingerprint density at radius 2 is 1.95 bits per heavy atom. The number of fused-ring (bicyclic) bond motifs is 5. The van der Waals surface area contributed by atoms with Crippen molar-refractivity contribution in [1.29, 1.82) is 0 Å². The second-order valence-electron chi connectivity index (χ2n) is 7.82. The minimum Gasteiger partial charge on any atom is -0.512 e. The molecule has 0 aromatic heterocycles. The molecule has 3 fully saturated rings. The first-order chi connectivity index (χ1) is 9.59. The second-order valence-corrected chi connectivity index (χ2v) is 7.82. The van der Waals surface area contributed by atoms with Crippen molar-refractivity contribution in [2.45, 2.75) is 58.0 Å². The summed E-state index contributed by atoms with van der Waals surface area (Å²) in [7, 11) is 0. The minimum atomic E-state index is -0.0737. The van der Waals surface area contributed by atoms with Crippen LogP contribution in [0.1, 0.15) is 51.9 Å². The average molecular weight is 274 g/mol. The van der Waals surface area contributed by atoms with Gasteiger partial charge in [-0.1, -0.05) is 18.6 Å². The number of aliphatic hydroxyl groups is 2. The highest BCUT2D eigenvalue weighted by molar-refractivity contribution is 5.29. The van der Waals surface area contributed by atoms with Crippen LogP contribution in [0.25, 0.3) is 0 Å². The number of rotatable bonds is 0. The van der Waals surface area contributed by atoms with Crippen molar-refractivity contribution in [3.63, 3.8) is 0 Å². The molecule has 2 N–H and O–H groups in total. The van der Waals surface area contributed by atoms with Crippen molar-refractivity contribution in [1.82, 2.24) is 0 Å². The van der Waals surface area contributed by atoms with Crippen molar-refractivity contribution < 1.29 is 10.2 Å². The molecule has 0 aliphatic heterocycles. The van der Waals surface area contributed by atoms with Gasteiger partial charge in [-0.2, -0.15) is 0 Å². The lowest BCUT2D eigenvalue weighted by molar-refractivity contribution is -0.0376. The van der Waals surface area contributed by atoms with Crippen molar-refractivity contribution in [2.24, 2.45) is 29.1 Å². The fourth-order valence-corrected chi connectivity index (χ4v) is 5.93. The molecule has 0 heterocycles. The fraction of sp³-hybridized carbons (Fsp3) is 0.778. The summed E-state index contributed by atoms with van der Waals surface area (Å²) in [6, 6.07) is 0. The van der Waals surface area contributed by atoms with E-state index in [0.717, 1.165) is 30.6 Å². The molecule has 0 amide bonds. The lowest BCUT2D eigenvalue weighted by Gasteiger charge is -2.52. The zero-order valence-electron chi connectivity index (χ0n) is 12.4. The molecule has 2 heteroatoms. The first-order valence-corrected chi connectivity index (χ1v) is 8.37. The summed E-state index contributed by atoms with van der Waals surface area (Å²) in [5, 5.41) is 20.1. The predicted octanol–water partition coefficient (Wildman–Crippen LogP) is 3.97. The van der Waals surface area contributed by atoms with Crippen LogP contribution in [0.5, 0.6) is 0 Å². The van der Waals surface area contributed by atoms with Gasteiger partial charge >= 0.3 is 0 Å². The quantitative estimate of drug-likeness (QED) is 0.701. The van der Waals surface area contributed by atoms with Crippen LogP contribution in [0.15, 0.2) is 23.5 Å². The number of aliphatic hydroxyl groups excluding tert-OH is 2. The Hall–Kier alpha value is -0.760. The second kappa shape index (κ2) is 4.37. The number of hydrogen-bond donors (Lipinski definition) is 2. The van der Waals surface area contributed by atoms with Gasteiger partial charge in [-0.05, 0) is 73.7 Å². The standard InChI is InChI=1S/C18H26O2/c1-18-9-8-14-13-5-3-12(19)10-11(13)2-4-15(14)16(18)6-7-17(18)20/h3,5,11,14-17,19-20H,2,4,6-10H2,1H3/t11?,14-,15-,16?,17-,18+/m1/s1. The summed E-state index contributed by atoms with van der Waals surface area (Å²) in [5.74, 6) is 3.38. The van der Waals surface area contributed by atoms with Gasteiger partial charge in [-0.3, -0.25) is 0 Å². The molecule has 110 valence electrons. The van der Waals surface area contributed by atoms with Crippen molar-refractivity contribution in [3.05, 3.63) is 23.5 Å². The van der Waals surface area contributed by atoms with Gasteiger partial charge < -0.3 is 10.2 Å². The largest absolute Gasteiger partial charge is 0.512 e. The highest BCUT2D eigenvalue weighted by Gasteiger charge is 2.55. The van der Waals surface area contributed by atoms with Crippen LogP contribution in [-0.4, -0.2) is 16.3 Å². The van der Waals surface area contributed by atoms with E-state index < -0.39 is 0 Å². The van der Waals surface area contributed by atoms with Gasteiger partial charge in [-0.15, -0.1) is 0 Å². The Morgan fingerprint density at radius 1 is 1.10 bits per heavy atom. The highest BCUT2D eigenvalue weighted by Crippen LogP contribution is 2.61. The normalized spacial score (nSPS) is 50.6. The van der Waals surface area contributed by atoms with Crippen molar-refractivity contribution in [2.75, 3.05) is 0 Å². The van der Waals surface area contributed by atoms with Crippen LogP contribution >= 0.6 is 0 Å². The Labute approximate surface area is 121 Å². The van der Waals surface area contributed by atoms with Gasteiger partial charge in [0.2, 0.25) is 0 Å². The summed E-state index contributed by atoms with van der Waals surface area (Å²) in [6.45, 7) is 2.33. The fourth-order valence-electron chi connectivity index (χ4n) is 5.93. The number of hydrogen-bond acceptors (Lipinski definition) is 2. The van der Waals surface area contributed by atoms with Crippen molar-refractivity contribution in [3.8, 4) is 0 Å². The van der Waals surface area contributed by atoms with E-state index in [2.05, 4.69) is 13.0 Å². The predicted molar refractivity (Wildman–Crippen MR) is 79.2 cm³/mol. The van der Waals surface area contributed by atoms with E-state index in [-0.39, 0.29) is 11.5 Å². The smallest absolute Gasteiger partial charge is 0.0928 e. The van der Waals surface area contributed by atoms with Gasteiger partial charge in [0, 0.05) is 6.42 Å². The summed E-state index contributed by atoms with van der Waals surface area (Å²) < 4.78 is 0. The van der Waals surface area contributed by atoms with E-state index in [1.54, 1.807) is 5.57 Å². The molecule has 20 heavy (non-hydrogen) atoms. The molecular weight excluding hydrogens is 248 g/mol. The van der Waals surface area contributed by atoms with Crippen LogP contribution in [0.3, 0.4) is 0 Å². The summed E-state index contributed by atoms with van der Waals surface area (Å²) in [4.78, 5) is 0. The molecule has 4 aliphatic carbocycles. The summed E-state index contributed by atoms with van der Waals surface area (Å²) in [5.41, 5.74) is 1.80. The Bertz CT molecular complexity index is 478. The van der Waals surface area contributed by atoms with Gasteiger partial charge in [0.25, 0.3) is 0 Å². The van der Waals surface area contributed by atoms with Crippen LogP contribution in [-0.2, 0) is 0 Å². The topological polar surface area (TPSA) is 40.5 Å². The van der Waals surface area contributed by atoms with Gasteiger partial charge in [-0.25, -0.2) is 0 Å². The monoisotopic (exact) mass is 274 g/mol. The average Bonchev–Trinajstić information content (AvgIpc) is 2.74. The molecule has 2 unspecified atom stereocenters. The third kappa shape index (κ3) is 1.67. The van der Waals surface area contributed by atoms with E-state index in [1.165, 1.54) is 32.1 Å². The SMILES string of the molecule is C[C@]12CC[C@@H]3C4=CC=C(O)CC4CC[C@H]3C1CC[C@H]2O. The molecular formula is C18H26O2. The molecule has 6 atom stereocenters. The highest BCUT2D eigenvalue weighted by atomic mass is 16.3. The lowest BCUT2D eigenvalue weighted by atomic mass is 9.53. The van der Waals surface area contributed by atoms with E-state index in [1.807, 2.05) is 6.08 Å². The van der Waals surface area contributed by atoms with Crippen LogP contribution in [0.4, 0.5) is 0 Å². The summed E-state index contributed by atoms with van der Waals surface area (Å²) >= 11 is 0. The van der Waals surface area contributed by atoms with Gasteiger partial charge in [0.05, 0.1) is 11.9 Å². The molecule has 0 spiro atoms. The maximum absolute atomic E-state index is 10.4. The van der Waals surface area contributed by atoms with E-state index >= 15 is 0 Å². The molecule has 2 nitrogen and oxygen atoms in total. The third-order valence-corrected chi connectivity index (χ3v) is 7.06. The number of allylic oxidation sites excluding steroid dienone is 4. The third-order valence-electron chi connectivity index (χ3n) is 7.06. The molecule has 0 saturated heterocycles. The van der Waals surface area contributed by atoms with Crippen LogP contribution in [0.2, 0.25) is 0 Å². The molecule has 0 bridgehead atoms. The minimum absolute atomic E-state index is 0.0737. The summed E-state index contributed by atoms with van der Waals surface area (Å²) in [6.07, 6.45) is 12.1. The first-order valence-electron chi connectivity index (χ1n) is 8.37. The Morgan fingerprint density at radius 3 is 2.80 bits per heavy atom. The molecule has 3 saturated carbocycles. The maximum Gasteiger partial charge on any atom is 0.0928 e. The van der Waals surface area contributed by atoms with E-state index in [0.29, 0.717) is 11.7 Å². The van der Waals surface area contributed by atoms with Crippen LogP contribution in [0, 0.1) is 29.1 Å². The maximum atomic E-state index is 10.4. The van der Waals surface area contributed by atoms with Gasteiger partial charge in [0.15, 0.2) is 0 Å². The van der Waals surface area contributed by atoms with E-state index in [9.17, 15) is 10.2 Å². The molecule has 0 aromatic carbocycles. The lowest BCUT2D eigenvalue weighted by Crippen LogP contribution is -2.46. The van der Waals surface area contributed by atoms with Crippen molar-refractivity contribution >= 4 is 0 Å². The van der Waals surface area contributed by atoms with E-state index in [4.69, 9.17) is 0 Å². The molecule has 4 aliphatic rings. The Kier molecular flexibility index (Phi) is 2.82. The zero-order valence-corrected chi connectivity index (χ0v) is 12.4. The zero-order chi connectivity index (χ0) is 13.9. The van der Waals surface area contributed by atoms with Crippen LogP contribution < -0.4 is 0 Å². The molecule has 0 radical (unpaired) electrons. The first kappa shape index (κ1) is 12.9. The molecule has 4 rings (SSSR count). The van der Waals surface area contributed by atoms with Gasteiger partial charge in [0.1, 0.15) is 0 Å². The molecule has 0 aromatic rings. The Balaban J connectivity index is 1.65.